The summed E-state index contributed by atoms with van der Waals surface area (Å²) in [6, 6.07) is -0.586. The van der Waals surface area contributed by atoms with E-state index in [0.29, 0.717) is 45.4 Å². The Morgan fingerprint density at radius 2 is 1.58 bits per heavy atom. The topological polar surface area (TPSA) is 185 Å². The molecule has 0 aromatic carbocycles. The Morgan fingerprint density at radius 3 is 2.22 bits per heavy atom. The summed E-state index contributed by atoms with van der Waals surface area (Å²) in [6.07, 6.45) is -6.72. The second-order valence-electron chi connectivity index (χ2n) is 19.0. The van der Waals surface area contributed by atoms with Gasteiger partial charge in [0.15, 0.2) is 30.4 Å². The van der Waals surface area contributed by atoms with Crippen molar-refractivity contribution in [1.29, 1.82) is 0 Å². The normalized spacial score (nSPS) is 46.1. The molecule has 0 aromatic rings. The van der Waals surface area contributed by atoms with Gasteiger partial charge in [-0.25, -0.2) is 9.59 Å². The molecule has 0 unspecified atom stereocenters. The molecule has 18 atom stereocenters. The first kappa shape index (κ1) is 48.7. The van der Waals surface area contributed by atoms with Crippen LogP contribution in [0.2, 0.25) is 0 Å². The van der Waals surface area contributed by atoms with Crippen molar-refractivity contribution in [3.8, 4) is 0 Å². The zero-order chi connectivity index (χ0) is 44.5. The Balaban J connectivity index is 1.62. The van der Waals surface area contributed by atoms with E-state index in [0.717, 1.165) is 0 Å². The van der Waals surface area contributed by atoms with Crippen molar-refractivity contribution in [1.82, 2.24) is 9.80 Å². The second-order valence-corrected chi connectivity index (χ2v) is 19.0. The molecule has 0 amide bonds. The van der Waals surface area contributed by atoms with E-state index in [9.17, 15) is 14.4 Å². The van der Waals surface area contributed by atoms with Crippen LogP contribution in [0.5, 0.6) is 0 Å². The van der Waals surface area contributed by atoms with Gasteiger partial charge in [0.2, 0.25) is 0 Å². The molecule has 5 saturated heterocycles. The van der Waals surface area contributed by atoms with Gasteiger partial charge in [-0.2, -0.15) is 0 Å². The number of fused-ring (bicyclic) bond motifs is 3. The Labute approximate surface area is 357 Å². The molecule has 5 fully saturated rings. The van der Waals surface area contributed by atoms with Gasteiger partial charge in [-0.1, -0.05) is 20.8 Å². The number of nitrogens with two attached hydrogens (primary N) is 1. The third-order valence-electron chi connectivity index (χ3n) is 13.8. The number of carbonyl (C=O) groups is 3. The third-order valence-corrected chi connectivity index (χ3v) is 13.8. The van der Waals surface area contributed by atoms with Gasteiger partial charge in [0.05, 0.1) is 35.9 Å². The number of hydrogen-bond acceptors (Lipinski definition) is 17. The summed E-state index contributed by atoms with van der Waals surface area (Å²) in [5, 5.41) is 0. The minimum absolute atomic E-state index is 0.114. The van der Waals surface area contributed by atoms with Gasteiger partial charge in [0, 0.05) is 38.6 Å². The molecule has 60 heavy (non-hydrogen) atoms. The van der Waals surface area contributed by atoms with Gasteiger partial charge in [0.1, 0.15) is 23.9 Å². The SMILES string of the molecule is CC[C@H]1OC(=O)[C@H](C)[C@@H](O[C@H]2C[C@@](C)(OC)[C@@H](OCCCN)[C@H](C)O2)[C@H](C)[C@H]2O[C@@H]3O[C@H](C)C[C@H](N(C)C)[C@H]3OC(=O)O[C@]2(C)C[C@@H](C)CN(C)[C@H](C)[C@H]2OC(=O)O[C@@]21C. The van der Waals surface area contributed by atoms with Gasteiger partial charge in [-0.3, -0.25) is 9.69 Å². The smallest absolute Gasteiger partial charge is 0.458 e. The predicted octanol–water partition coefficient (Wildman–Crippen LogP) is 4.64. The highest BCUT2D eigenvalue weighted by molar-refractivity contribution is 5.73. The van der Waals surface area contributed by atoms with E-state index in [1.165, 1.54) is 0 Å². The highest BCUT2D eigenvalue weighted by Crippen LogP contribution is 2.44. The fourth-order valence-corrected chi connectivity index (χ4v) is 10.4. The molecule has 2 N–H and O–H groups in total. The Hall–Kier alpha value is -2.35. The quantitative estimate of drug-likeness (QED) is 0.192. The molecule has 346 valence electrons. The van der Waals surface area contributed by atoms with Crippen LogP contribution in [0.4, 0.5) is 9.59 Å². The van der Waals surface area contributed by atoms with Gasteiger partial charge in [-0.15, -0.1) is 0 Å². The van der Waals surface area contributed by atoms with E-state index in [1.54, 1.807) is 21.0 Å². The van der Waals surface area contributed by atoms with Gasteiger partial charge in [0.25, 0.3) is 0 Å². The number of nitrogens with zero attached hydrogens (tertiary/aromatic N) is 2. The maximum absolute atomic E-state index is 14.7. The first-order valence-corrected chi connectivity index (χ1v) is 22.0. The van der Waals surface area contributed by atoms with Gasteiger partial charge >= 0.3 is 18.3 Å². The second kappa shape index (κ2) is 19.6. The number of rotatable bonds is 9. The van der Waals surface area contributed by atoms with Crippen LogP contribution in [-0.2, 0) is 56.9 Å². The molecule has 0 radical (unpaired) electrons. The van der Waals surface area contributed by atoms with Crippen LogP contribution in [0, 0.1) is 17.8 Å². The Kier molecular flexibility index (Phi) is 15.9. The summed E-state index contributed by atoms with van der Waals surface area (Å²) in [6.45, 7) is 20.4. The number of likely N-dealkylation sites (N-methyl/N-ethyl adjacent to an activating group) is 2. The highest BCUT2D eigenvalue weighted by atomic mass is 16.8. The molecule has 17 nitrogen and oxygen atoms in total. The molecule has 5 rings (SSSR count). The summed E-state index contributed by atoms with van der Waals surface area (Å²) >= 11 is 0. The number of carbonyl (C=O) groups excluding carboxylic acids is 3. The molecule has 5 heterocycles. The fraction of sp³-hybridized carbons (Fsp3) is 0.930. The Bertz CT molecular complexity index is 1480. The minimum atomic E-state index is -1.33. The molecule has 5 aliphatic heterocycles. The highest BCUT2D eigenvalue weighted by Gasteiger charge is 2.59. The minimum Gasteiger partial charge on any atom is -0.458 e. The number of esters is 1. The Morgan fingerprint density at radius 1 is 0.900 bits per heavy atom. The number of cyclic esters (lactones) is 1. The third kappa shape index (κ3) is 10.2. The zero-order valence-electron chi connectivity index (χ0n) is 38.5. The van der Waals surface area contributed by atoms with Crippen molar-refractivity contribution in [2.24, 2.45) is 23.5 Å². The van der Waals surface area contributed by atoms with Crippen molar-refractivity contribution < 1.29 is 66.5 Å². The molecule has 0 bridgehead atoms. The van der Waals surface area contributed by atoms with Gasteiger partial charge < -0.3 is 62.7 Å². The lowest BCUT2D eigenvalue weighted by molar-refractivity contribution is -0.330. The van der Waals surface area contributed by atoms with Crippen LogP contribution < -0.4 is 5.73 Å². The van der Waals surface area contributed by atoms with Crippen LogP contribution in [0.25, 0.3) is 0 Å². The maximum Gasteiger partial charge on any atom is 0.509 e. The molecule has 0 aromatic heterocycles. The maximum atomic E-state index is 14.7. The van der Waals surface area contributed by atoms with Crippen molar-refractivity contribution in [2.75, 3.05) is 47.9 Å². The van der Waals surface area contributed by atoms with Crippen LogP contribution in [-0.4, -0.2) is 166 Å². The van der Waals surface area contributed by atoms with Crippen LogP contribution in [0.15, 0.2) is 0 Å². The van der Waals surface area contributed by atoms with E-state index < -0.39 is 102 Å². The summed E-state index contributed by atoms with van der Waals surface area (Å²) in [7, 11) is 7.42. The van der Waals surface area contributed by atoms with Crippen molar-refractivity contribution in [3.05, 3.63) is 0 Å². The number of ether oxygens (including phenoxy) is 11. The average Bonchev–Trinajstić information content (AvgIpc) is 3.48. The predicted molar refractivity (Wildman–Crippen MR) is 218 cm³/mol. The lowest BCUT2D eigenvalue weighted by atomic mass is 9.77. The van der Waals surface area contributed by atoms with Gasteiger partial charge in [-0.05, 0) is 108 Å². The summed E-state index contributed by atoms with van der Waals surface area (Å²) < 4.78 is 70.1. The van der Waals surface area contributed by atoms with E-state index in [4.69, 9.17) is 57.8 Å². The standard InChI is InChI=1S/C43H75N3O14/c1-15-30-43(10)35(58-40(49)60-43)27(6)46(13)22-23(2)20-42(9)34(57-38-33(56-39(48)59-42)29(45(11)12)19-24(3)52-38)25(4)32(26(5)37(47)54-30)55-31-21-41(8,50-14)36(28(7)53-31)51-18-16-17-44/h23-36,38H,15-22,44H2,1-14H3/t23-,24-,25+,26-,27-,28+,29+,30-,31+,32+,33-,34-,35-,36+,38+,41-,42-,43-/m1/s1. The fourth-order valence-electron chi connectivity index (χ4n) is 10.4. The number of hydrogen-bond donors (Lipinski definition) is 1. The lowest BCUT2D eigenvalue weighted by Gasteiger charge is -2.51. The van der Waals surface area contributed by atoms with Crippen molar-refractivity contribution in [3.63, 3.8) is 0 Å². The molecule has 17 heteroatoms. The lowest BCUT2D eigenvalue weighted by Crippen LogP contribution is -2.63. The number of methoxy groups -OCH3 is 1. The van der Waals surface area contributed by atoms with Crippen LogP contribution in [0.3, 0.4) is 0 Å². The van der Waals surface area contributed by atoms with Crippen LogP contribution in [0.1, 0.15) is 101 Å². The van der Waals surface area contributed by atoms with E-state index >= 15 is 0 Å². The molecule has 0 saturated carbocycles. The molecular weight excluding hydrogens is 782 g/mol. The molecule has 0 spiro atoms. The summed E-state index contributed by atoms with van der Waals surface area (Å²) in [5.74, 6) is -2.33. The zero-order valence-corrected chi connectivity index (χ0v) is 38.5. The van der Waals surface area contributed by atoms with E-state index in [-0.39, 0.29) is 30.5 Å². The average molecular weight is 858 g/mol. The molecule has 0 aliphatic carbocycles. The summed E-state index contributed by atoms with van der Waals surface area (Å²) in [5.41, 5.74) is 2.30. The molecular formula is C43H75N3O14. The van der Waals surface area contributed by atoms with Crippen molar-refractivity contribution in [2.45, 2.75) is 192 Å². The van der Waals surface area contributed by atoms with E-state index in [1.807, 2.05) is 74.5 Å². The van der Waals surface area contributed by atoms with E-state index in [2.05, 4.69) is 11.8 Å². The largest absolute Gasteiger partial charge is 0.509 e. The van der Waals surface area contributed by atoms with Crippen LogP contribution >= 0.6 is 0 Å². The van der Waals surface area contributed by atoms with Crippen molar-refractivity contribution >= 4 is 18.3 Å². The first-order chi connectivity index (χ1) is 28.1. The molecule has 5 aliphatic rings. The summed E-state index contributed by atoms with van der Waals surface area (Å²) in [4.78, 5) is 45.6. The monoisotopic (exact) mass is 858 g/mol. The first-order valence-electron chi connectivity index (χ1n) is 22.0.